The Labute approximate surface area is 116 Å². The van der Waals surface area contributed by atoms with Gasteiger partial charge < -0.3 is 15.3 Å². The fourth-order valence-electron chi connectivity index (χ4n) is 2.89. The first-order valence-corrected chi connectivity index (χ1v) is 7.17. The molecular weight excluding hydrogens is 236 g/mol. The molecule has 2 rings (SSSR count). The highest BCUT2D eigenvalue weighted by Crippen LogP contribution is 2.26. The lowest BCUT2D eigenvalue weighted by atomic mass is 9.88. The summed E-state index contributed by atoms with van der Waals surface area (Å²) in [5.41, 5.74) is 1.70. The number of rotatable bonds is 5. The van der Waals surface area contributed by atoms with Crippen molar-refractivity contribution in [2.45, 2.75) is 32.7 Å². The number of hydrogen-bond donors (Lipinski definition) is 2. The summed E-state index contributed by atoms with van der Waals surface area (Å²) >= 11 is 0. The number of nitrogens with one attached hydrogen (secondary N) is 1. The van der Waals surface area contributed by atoms with Gasteiger partial charge in [0.1, 0.15) is 5.75 Å². The number of phenolic OH excluding ortho intramolecular Hbond substituents is 1. The molecule has 1 aromatic carbocycles. The van der Waals surface area contributed by atoms with Crippen LogP contribution in [0, 0.1) is 5.41 Å². The summed E-state index contributed by atoms with van der Waals surface area (Å²) in [6, 6.07) is 8.08. The van der Waals surface area contributed by atoms with E-state index in [-0.39, 0.29) is 0 Å². The van der Waals surface area contributed by atoms with E-state index in [1.807, 2.05) is 12.1 Å². The molecule has 3 nitrogen and oxygen atoms in total. The molecule has 1 saturated heterocycles. The average molecular weight is 262 g/mol. The molecule has 19 heavy (non-hydrogen) atoms. The van der Waals surface area contributed by atoms with Gasteiger partial charge in [-0.3, -0.25) is 0 Å². The predicted octanol–water partition coefficient (Wildman–Crippen LogP) is 2.25. The minimum absolute atomic E-state index is 0.342. The van der Waals surface area contributed by atoms with E-state index in [1.165, 1.54) is 12.0 Å². The van der Waals surface area contributed by atoms with E-state index in [9.17, 15) is 5.11 Å². The topological polar surface area (TPSA) is 35.5 Å². The first-order chi connectivity index (χ1) is 8.98. The third-order valence-corrected chi connectivity index (χ3v) is 4.31. The zero-order valence-electron chi connectivity index (χ0n) is 12.3. The molecule has 2 atom stereocenters. The van der Waals surface area contributed by atoms with E-state index in [0.717, 1.165) is 26.1 Å². The van der Waals surface area contributed by atoms with E-state index in [1.54, 1.807) is 12.1 Å². The fraction of sp³-hybridized carbons (Fsp3) is 0.625. The van der Waals surface area contributed by atoms with Crippen LogP contribution in [0.25, 0.3) is 0 Å². The number of nitrogens with zero attached hydrogens (tertiary/aromatic N) is 1. The van der Waals surface area contributed by atoms with E-state index in [2.05, 4.69) is 31.1 Å². The van der Waals surface area contributed by atoms with Crippen LogP contribution in [0.3, 0.4) is 0 Å². The Kier molecular flexibility index (Phi) is 4.48. The maximum atomic E-state index is 9.31. The Bertz CT molecular complexity index is 396. The second kappa shape index (κ2) is 5.93. The van der Waals surface area contributed by atoms with Crippen molar-refractivity contribution in [3.05, 3.63) is 29.8 Å². The highest BCUT2D eigenvalue weighted by atomic mass is 16.3. The van der Waals surface area contributed by atoms with Crippen LogP contribution in [0.15, 0.2) is 24.3 Å². The summed E-state index contributed by atoms with van der Waals surface area (Å²) in [7, 11) is 2.22. The molecule has 0 bridgehead atoms. The third kappa shape index (κ3) is 3.95. The van der Waals surface area contributed by atoms with Gasteiger partial charge in [0, 0.05) is 19.1 Å². The van der Waals surface area contributed by atoms with Gasteiger partial charge in [-0.2, -0.15) is 0 Å². The molecule has 0 radical (unpaired) electrons. The highest BCUT2D eigenvalue weighted by Gasteiger charge is 2.30. The second-order valence-electron chi connectivity index (χ2n) is 6.37. The van der Waals surface area contributed by atoms with Crippen molar-refractivity contribution < 1.29 is 5.11 Å². The van der Waals surface area contributed by atoms with Crippen molar-refractivity contribution in [2.75, 3.05) is 26.7 Å². The van der Waals surface area contributed by atoms with Crippen LogP contribution >= 0.6 is 0 Å². The molecule has 1 heterocycles. The monoisotopic (exact) mass is 262 g/mol. The van der Waals surface area contributed by atoms with Gasteiger partial charge in [0.05, 0.1) is 0 Å². The summed E-state index contributed by atoms with van der Waals surface area (Å²) in [4.78, 5) is 2.46. The lowest BCUT2D eigenvalue weighted by molar-refractivity contribution is 0.167. The lowest BCUT2D eigenvalue weighted by Gasteiger charge is -2.33. The molecule has 1 aromatic rings. The SMILES string of the molecule is CC(Cc1ccc(O)cc1)N(C)CC1(C)CCNC1. The highest BCUT2D eigenvalue weighted by molar-refractivity contribution is 5.26. The van der Waals surface area contributed by atoms with Crippen LogP contribution in [0.5, 0.6) is 5.75 Å². The molecule has 1 aliphatic rings. The number of likely N-dealkylation sites (N-methyl/N-ethyl adjacent to an activating group) is 1. The standard InChI is InChI=1S/C16H26N2O/c1-13(10-14-4-6-15(19)7-5-14)18(3)12-16(2)8-9-17-11-16/h4-7,13,17,19H,8-12H2,1-3H3. The first-order valence-electron chi connectivity index (χ1n) is 7.17. The molecule has 2 unspecified atom stereocenters. The van der Waals surface area contributed by atoms with Crippen LogP contribution in [-0.4, -0.2) is 42.7 Å². The van der Waals surface area contributed by atoms with Crippen LogP contribution in [0.2, 0.25) is 0 Å². The summed E-state index contributed by atoms with van der Waals surface area (Å²) in [5, 5.41) is 12.8. The smallest absolute Gasteiger partial charge is 0.115 e. The average Bonchev–Trinajstić information content (AvgIpc) is 2.78. The van der Waals surface area contributed by atoms with Crippen molar-refractivity contribution >= 4 is 0 Å². The number of phenols is 1. The van der Waals surface area contributed by atoms with Gasteiger partial charge >= 0.3 is 0 Å². The number of aromatic hydroxyl groups is 1. The second-order valence-corrected chi connectivity index (χ2v) is 6.37. The van der Waals surface area contributed by atoms with Crippen LogP contribution < -0.4 is 5.32 Å². The Morgan fingerprint density at radius 2 is 2.05 bits per heavy atom. The normalized spacial score (nSPS) is 24.8. The van der Waals surface area contributed by atoms with Gasteiger partial charge in [-0.1, -0.05) is 19.1 Å². The summed E-state index contributed by atoms with van der Waals surface area (Å²) in [6.07, 6.45) is 2.30. The van der Waals surface area contributed by atoms with E-state index in [0.29, 0.717) is 17.2 Å². The van der Waals surface area contributed by atoms with Crippen LogP contribution in [0.1, 0.15) is 25.8 Å². The van der Waals surface area contributed by atoms with E-state index >= 15 is 0 Å². The van der Waals surface area contributed by atoms with Crippen molar-refractivity contribution in [1.29, 1.82) is 0 Å². The first kappa shape index (κ1) is 14.4. The van der Waals surface area contributed by atoms with Crippen molar-refractivity contribution in [1.82, 2.24) is 10.2 Å². The fourth-order valence-corrected chi connectivity index (χ4v) is 2.89. The molecule has 0 aromatic heterocycles. The Balaban J connectivity index is 1.88. The molecule has 0 spiro atoms. The number of benzene rings is 1. The van der Waals surface area contributed by atoms with Gasteiger partial charge in [-0.05, 0) is 56.5 Å². The quantitative estimate of drug-likeness (QED) is 0.854. The molecule has 2 N–H and O–H groups in total. The van der Waals surface area contributed by atoms with Crippen molar-refractivity contribution in [3.8, 4) is 5.75 Å². The number of hydrogen-bond acceptors (Lipinski definition) is 3. The van der Waals surface area contributed by atoms with Crippen LogP contribution in [0.4, 0.5) is 0 Å². The molecule has 0 amide bonds. The summed E-state index contributed by atoms with van der Waals surface area (Å²) in [5.74, 6) is 0.342. The van der Waals surface area contributed by atoms with Crippen LogP contribution in [-0.2, 0) is 6.42 Å². The molecule has 1 fully saturated rings. The van der Waals surface area contributed by atoms with Crippen molar-refractivity contribution in [3.63, 3.8) is 0 Å². The Hall–Kier alpha value is -1.06. The molecular formula is C16H26N2O. The zero-order chi connectivity index (χ0) is 13.9. The maximum Gasteiger partial charge on any atom is 0.115 e. The van der Waals surface area contributed by atoms with E-state index < -0.39 is 0 Å². The minimum atomic E-state index is 0.342. The summed E-state index contributed by atoms with van der Waals surface area (Å²) in [6.45, 7) is 8.06. The molecule has 106 valence electrons. The molecule has 0 saturated carbocycles. The van der Waals surface area contributed by atoms with Crippen molar-refractivity contribution in [2.24, 2.45) is 5.41 Å². The predicted molar refractivity (Wildman–Crippen MR) is 79.5 cm³/mol. The molecule has 0 aliphatic carbocycles. The van der Waals surface area contributed by atoms with Gasteiger partial charge in [-0.25, -0.2) is 0 Å². The Morgan fingerprint density at radius 1 is 1.37 bits per heavy atom. The maximum absolute atomic E-state index is 9.31. The lowest BCUT2D eigenvalue weighted by Crippen LogP contribution is -2.40. The molecule has 1 aliphatic heterocycles. The van der Waals surface area contributed by atoms with Gasteiger partial charge in [-0.15, -0.1) is 0 Å². The van der Waals surface area contributed by atoms with E-state index in [4.69, 9.17) is 0 Å². The summed E-state index contributed by atoms with van der Waals surface area (Å²) < 4.78 is 0. The van der Waals surface area contributed by atoms with Gasteiger partial charge in [0.25, 0.3) is 0 Å². The largest absolute Gasteiger partial charge is 0.508 e. The third-order valence-electron chi connectivity index (χ3n) is 4.31. The van der Waals surface area contributed by atoms with Gasteiger partial charge in [0.2, 0.25) is 0 Å². The molecule has 3 heteroatoms. The minimum Gasteiger partial charge on any atom is -0.508 e. The zero-order valence-corrected chi connectivity index (χ0v) is 12.3. The Morgan fingerprint density at radius 3 is 2.63 bits per heavy atom. The van der Waals surface area contributed by atoms with Gasteiger partial charge in [0.15, 0.2) is 0 Å².